The van der Waals surface area contributed by atoms with Gasteiger partial charge in [-0.1, -0.05) is 0 Å². The Bertz CT molecular complexity index is 449. The fraction of sp³-hybridized carbons (Fsp3) is 0.600. The number of aliphatic hydroxyl groups is 1. The summed E-state index contributed by atoms with van der Waals surface area (Å²) in [6, 6.07) is 0.185. The highest BCUT2D eigenvalue weighted by Crippen LogP contribution is 2.33. The molecule has 1 aromatic rings. The van der Waals surface area contributed by atoms with Crippen molar-refractivity contribution in [3.8, 4) is 0 Å². The molecule has 1 aliphatic rings. The van der Waals surface area contributed by atoms with Gasteiger partial charge in [0.15, 0.2) is 0 Å². The fourth-order valence-corrected chi connectivity index (χ4v) is 1.99. The zero-order valence-electron chi connectivity index (χ0n) is 9.82. The molecule has 1 fully saturated rings. The van der Waals surface area contributed by atoms with E-state index < -0.39 is 4.92 Å². The van der Waals surface area contributed by atoms with E-state index in [1.807, 2.05) is 0 Å². The maximum absolute atomic E-state index is 11.0. The Morgan fingerprint density at radius 2 is 2.33 bits per heavy atom. The van der Waals surface area contributed by atoms with Crippen LogP contribution in [0.25, 0.3) is 0 Å². The van der Waals surface area contributed by atoms with Gasteiger partial charge in [-0.2, -0.15) is 4.98 Å². The predicted molar refractivity (Wildman–Crippen MR) is 65.2 cm³/mol. The Hall–Kier alpha value is -1.96. The quantitative estimate of drug-likeness (QED) is 0.572. The summed E-state index contributed by atoms with van der Waals surface area (Å²) in [5.41, 5.74) is 5.31. The third kappa shape index (κ3) is 2.33. The number of anilines is 2. The van der Waals surface area contributed by atoms with Crippen molar-refractivity contribution in [1.82, 2.24) is 9.97 Å². The van der Waals surface area contributed by atoms with E-state index in [0.717, 1.165) is 25.5 Å². The number of hydrogen-bond acceptors (Lipinski definition) is 7. The van der Waals surface area contributed by atoms with Gasteiger partial charge >= 0.3 is 5.69 Å². The molecule has 8 heteroatoms. The molecule has 0 unspecified atom stereocenters. The van der Waals surface area contributed by atoms with Crippen LogP contribution in [0.3, 0.4) is 0 Å². The predicted octanol–water partition coefficient (Wildman–Crippen LogP) is 0.318. The Balaban J connectivity index is 2.37. The van der Waals surface area contributed by atoms with E-state index in [-0.39, 0.29) is 30.1 Å². The first-order valence-electron chi connectivity index (χ1n) is 5.78. The molecule has 8 nitrogen and oxygen atoms in total. The first-order valence-corrected chi connectivity index (χ1v) is 5.78. The van der Waals surface area contributed by atoms with E-state index in [9.17, 15) is 10.1 Å². The highest BCUT2D eigenvalue weighted by molar-refractivity contribution is 5.59. The molecule has 0 aliphatic heterocycles. The number of rotatable bonds is 5. The summed E-state index contributed by atoms with van der Waals surface area (Å²) in [5.74, 6) is 0.198. The molecular formula is C10H15N5O3. The van der Waals surface area contributed by atoms with E-state index in [1.165, 1.54) is 0 Å². The largest absolute Gasteiger partial charge is 0.395 e. The highest BCUT2D eigenvalue weighted by Gasteiger charge is 2.31. The zero-order chi connectivity index (χ0) is 13.1. The molecule has 0 bridgehead atoms. The molecule has 0 atom stereocenters. The van der Waals surface area contributed by atoms with Gasteiger partial charge in [-0.3, -0.25) is 10.1 Å². The van der Waals surface area contributed by atoms with Crippen molar-refractivity contribution in [3.05, 3.63) is 16.3 Å². The van der Waals surface area contributed by atoms with Crippen LogP contribution in [0.1, 0.15) is 19.3 Å². The average molecular weight is 253 g/mol. The van der Waals surface area contributed by atoms with Crippen LogP contribution in [0.2, 0.25) is 0 Å². The molecule has 0 saturated heterocycles. The second-order valence-electron chi connectivity index (χ2n) is 4.20. The van der Waals surface area contributed by atoms with Gasteiger partial charge in [0.05, 0.1) is 11.5 Å². The van der Waals surface area contributed by atoms with Gasteiger partial charge in [0.2, 0.25) is 11.8 Å². The number of aliphatic hydroxyl groups excluding tert-OH is 1. The lowest BCUT2D eigenvalue weighted by Crippen LogP contribution is -2.42. The molecular weight excluding hydrogens is 238 g/mol. The van der Waals surface area contributed by atoms with E-state index >= 15 is 0 Å². The van der Waals surface area contributed by atoms with Crippen molar-refractivity contribution in [2.75, 3.05) is 23.8 Å². The van der Waals surface area contributed by atoms with Gasteiger partial charge in [0.25, 0.3) is 0 Å². The van der Waals surface area contributed by atoms with Crippen molar-refractivity contribution >= 4 is 17.5 Å². The summed E-state index contributed by atoms with van der Waals surface area (Å²) in [7, 11) is 0. The minimum absolute atomic E-state index is 0.00198. The van der Waals surface area contributed by atoms with Crippen LogP contribution in [0.5, 0.6) is 0 Å². The van der Waals surface area contributed by atoms with Crippen molar-refractivity contribution in [2.45, 2.75) is 25.3 Å². The first-order chi connectivity index (χ1) is 8.63. The minimum Gasteiger partial charge on any atom is -0.395 e. The third-order valence-electron chi connectivity index (χ3n) is 3.09. The lowest BCUT2D eigenvalue weighted by molar-refractivity contribution is -0.384. The van der Waals surface area contributed by atoms with Crippen LogP contribution in [-0.4, -0.2) is 39.2 Å². The maximum Gasteiger partial charge on any atom is 0.329 e. The van der Waals surface area contributed by atoms with Gasteiger partial charge in [-0.25, -0.2) is 4.98 Å². The third-order valence-corrected chi connectivity index (χ3v) is 3.09. The van der Waals surface area contributed by atoms with Crippen LogP contribution in [-0.2, 0) is 0 Å². The van der Waals surface area contributed by atoms with E-state index in [2.05, 4.69) is 9.97 Å². The van der Waals surface area contributed by atoms with Gasteiger partial charge in [0, 0.05) is 12.6 Å². The van der Waals surface area contributed by atoms with E-state index in [1.54, 1.807) is 4.90 Å². The number of nitrogens with two attached hydrogens (primary N) is 1. The Labute approximate surface area is 104 Å². The van der Waals surface area contributed by atoms with Gasteiger partial charge in [-0.15, -0.1) is 0 Å². The molecule has 18 heavy (non-hydrogen) atoms. The van der Waals surface area contributed by atoms with Crippen molar-refractivity contribution in [3.63, 3.8) is 0 Å². The molecule has 0 aromatic carbocycles. The smallest absolute Gasteiger partial charge is 0.329 e. The molecule has 1 saturated carbocycles. The minimum atomic E-state index is -0.530. The van der Waals surface area contributed by atoms with Crippen LogP contribution in [0.4, 0.5) is 17.5 Å². The summed E-state index contributed by atoms with van der Waals surface area (Å²) < 4.78 is 0. The normalized spacial score (nSPS) is 15.2. The Morgan fingerprint density at radius 3 is 2.83 bits per heavy atom. The second-order valence-corrected chi connectivity index (χ2v) is 4.20. The van der Waals surface area contributed by atoms with Crippen molar-refractivity contribution in [1.29, 1.82) is 0 Å². The molecule has 0 amide bonds. The SMILES string of the molecule is Nc1ncc([N+](=O)[O-])c(N(CCO)C2CCC2)n1. The fourth-order valence-electron chi connectivity index (χ4n) is 1.99. The number of aromatic nitrogens is 2. The van der Waals surface area contributed by atoms with Gasteiger partial charge < -0.3 is 15.7 Å². The standard InChI is InChI=1S/C10H15N5O3/c11-10-12-6-8(15(17)18)9(13-10)14(4-5-16)7-2-1-3-7/h6-7,16H,1-5H2,(H2,11,12,13). The van der Waals surface area contributed by atoms with Gasteiger partial charge in [-0.05, 0) is 19.3 Å². The van der Waals surface area contributed by atoms with E-state index in [0.29, 0.717) is 6.54 Å². The highest BCUT2D eigenvalue weighted by atomic mass is 16.6. The average Bonchev–Trinajstić information content (AvgIpc) is 2.25. The Morgan fingerprint density at radius 1 is 1.61 bits per heavy atom. The summed E-state index contributed by atoms with van der Waals surface area (Å²) in [5, 5.41) is 20.0. The number of nitro groups is 1. The molecule has 2 rings (SSSR count). The number of hydrogen-bond donors (Lipinski definition) is 2. The Kier molecular flexibility index (Phi) is 3.56. The lowest BCUT2D eigenvalue weighted by Gasteiger charge is -2.37. The first kappa shape index (κ1) is 12.5. The van der Waals surface area contributed by atoms with Crippen molar-refractivity contribution < 1.29 is 10.0 Å². The van der Waals surface area contributed by atoms with E-state index in [4.69, 9.17) is 10.8 Å². The molecule has 98 valence electrons. The van der Waals surface area contributed by atoms with Crippen LogP contribution in [0.15, 0.2) is 6.20 Å². The monoisotopic (exact) mass is 253 g/mol. The summed E-state index contributed by atoms with van der Waals surface area (Å²) >= 11 is 0. The number of nitrogen functional groups attached to an aromatic ring is 1. The van der Waals surface area contributed by atoms with Gasteiger partial charge in [0.1, 0.15) is 6.20 Å². The second kappa shape index (κ2) is 5.13. The van der Waals surface area contributed by atoms with Crippen LogP contribution in [0, 0.1) is 10.1 Å². The zero-order valence-corrected chi connectivity index (χ0v) is 9.82. The van der Waals surface area contributed by atoms with Crippen LogP contribution < -0.4 is 10.6 Å². The van der Waals surface area contributed by atoms with Crippen LogP contribution >= 0.6 is 0 Å². The summed E-state index contributed by atoms with van der Waals surface area (Å²) in [4.78, 5) is 19.8. The molecule has 1 aromatic heterocycles. The topological polar surface area (TPSA) is 118 Å². The van der Waals surface area contributed by atoms with Crippen molar-refractivity contribution in [2.24, 2.45) is 0 Å². The number of nitrogens with zero attached hydrogens (tertiary/aromatic N) is 4. The summed E-state index contributed by atoms with van der Waals surface area (Å²) in [6.07, 6.45) is 4.09. The maximum atomic E-state index is 11.0. The molecule has 1 heterocycles. The molecule has 1 aliphatic carbocycles. The summed E-state index contributed by atoms with van der Waals surface area (Å²) in [6.45, 7) is 0.222. The lowest BCUT2D eigenvalue weighted by atomic mass is 9.91. The molecule has 0 spiro atoms. The molecule has 0 radical (unpaired) electrons. The molecule has 3 N–H and O–H groups in total.